The van der Waals surface area contributed by atoms with Gasteiger partial charge in [0.2, 0.25) is 0 Å². The predicted octanol–water partition coefficient (Wildman–Crippen LogP) is 1.28. The van der Waals surface area contributed by atoms with Gasteiger partial charge in [0.25, 0.3) is 0 Å². The number of nitrogens with one attached hydrogen (secondary N) is 1. The fraction of sp³-hybridized carbons (Fsp3) is 0.167. The van der Waals surface area contributed by atoms with E-state index in [0.717, 1.165) is 0 Å². The van der Waals surface area contributed by atoms with Gasteiger partial charge in [-0.15, -0.1) is 0 Å². The number of benzene rings is 1. The summed E-state index contributed by atoms with van der Waals surface area (Å²) in [5.41, 5.74) is 1.71. The van der Waals surface area contributed by atoms with Crippen LogP contribution in [0.4, 0.5) is 0 Å². The summed E-state index contributed by atoms with van der Waals surface area (Å²) in [7, 11) is 1.49. The molecule has 1 aromatic carbocycles. The van der Waals surface area contributed by atoms with E-state index in [1.807, 2.05) is 0 Å². The zero-order valence-corrected chi connectivity index (χ0v) is 9.67. The normalized spacial score (nSPS) is 10.3. The molecule has 2 rings (SSSR count). The number of hydrogen-bond acceptors (Lipinski definition) is 4. The number of aromatic carboxylic acids is 1. The number of aromatic amines is 1. The highest BCUT2D eigenvalue weighted by molar-refractivity contribution is 5.87. The van der Waals surface area contributed by atoms with Crippen molar-refractivity contribution in [1.82, 2.24) is 10.2 Å². The van der Waals surface area contributed by atoms with Crippen molar-refractivity contribution in [3.63, 3.8) is 0 Å². The molecule has 0 spiro atoms. The first kappa shape index (κ1) is 12.1. The van der Waals surface area contributed by atoms with Crippen LogP contribution in [0, 0.1) is 0 Å². The Bertz CT molecular complexity index is 577. The van der Waals surface area contributed by atoms with Crippen molar-refractivity contribution in [2.45, 2.75) is 6.61 Å². The minimum absolute atomic E-state index is 0.00135. The SMILES string of the molecule is COc1c(CO)cccc1-c1cc(C(=O)O)[nH]n1. The van der Waals surface area contributed by atoms with Gasteiger partial charge in [0.1, 0.15) is 11.4 Å². The molecule has 2 aromatic rings. The molecule has 0 amide bonds. The summed E-state index contributed by atoms with van der Waals surface area (Å²) in [5.74, 6) is -0.588. The van der Waals surface area contributed by atoms with E-state index >= 15 is 0 Å². The number of aliphatic hydroxyl groups excluding tert-OH is 1. The highest BCUT2D eigenvalue weighted by atomic mass is 16.5. The molecule has 0 fully saturated rings. The molecule has 0 radical (unpaired) electrons. The number of aromatic nitrogens is 2. The van der Waals surface area contributed by atoms with Crippen LogP contribution in [0.2, 0.25) is 0 Å². The molecular formula is C12H12N2O4. The minimum atomic E-state index is -1.08. The van der Waals surface area contributed by atoms with Crippen LogP contribution >= 0.6 is 0 Å². The van der Waals surface area contributed by atoms with Gasteiger partial charge < -0.3 is 14.9 Å². The van der Waals surface area contributed by atoms with E-state index in [4.69, 9.17) is 9.84 Å². The molecular weight excluding hydrogens is 236 g/mol. The Morgan fingerprint density at radius 1 is 1.50 bits per heavy atom. The van der Waals surface area contributed by atoms with Crippen molar-refractivity contribution in [1.29, 1.82) is 0 Å². The van der Waals surface area contributed by atoms with Gasteiger partial charge in [-0.3, -0.25) is 5.10 Å². The molecule has 0 saturated carbocycles. The van der Waals surface area contributed by atoms with Gasteiger partial charge >= 0.3 is 5.97 Å². The van der Waals surface area contributed by atoms with E-state index in [9.17, 15) is 9.90 Å². The highest BCUT2D eigenvalue weighted by Crippen LogP contribution is 2.32. The van der Waals surface area contributed by atoms with Gasteiger partial charge in [0.05, 0.1) is 19.4 Å². The average Bonchev–Trinajstić information content (AvgIpc) is 2.87. The Balaban J connectivity index is 2.52. The fourth-order valence-electron chi connectivity index (χ4n) is 1.72. The maximum Gasteiger partial charge on any atom is 0.353 e. The van der Waals surface area contributed by atoms with Crippen LogP contribution in [0.15, 0.2) is 24.3 Å². The quantitative estimate of drug-likeness (QED) is 0.757. The number of aliphatic hydroxyl groups is 1. The first-order valence-corrected chi connectivity index (χ1v) is 5.23. The van der Waals surface area contributed by atoms with Crippen LogP contribution < -0.4 is 4.74 Å². The first-order valence-electron chi connectivity index (χ1n) is 5.23. The number of carboxylic acids is 1. The lowest BCUT2D eigenvalue weighted by molar-refractivity contribution is 0.0690. The number of carboxylic acid groups (broad SMARTS) is 1. The highest BCUT2D eigenvalue weighted by Gasteiger charge is 2.15. The molecule has 1 heterocycles. The molecule has 0 unspecified atom stereocenters. The molecule has 0 bridgehead atoms. The molecule has 6 heteroatoms. The second-order valence-electron chi connectivity index (χ2n) is 3.63. The lowest BCUT2D eigenvalue weighted by atomic mass is 10.1. The monoisotopic (exact) mass is 248 g/mol. The standard InChI is InChI=1S/C12H12N2O4/c1-18-11-7(6-15)3-2-4-8(11)9-5-10(12(16)17)14-13-9/h2-5,15H,6H2,1H3,(H,13,14)(H,16,17). The van der Waals surface area contributed by atoms with E-state index in [1.54, 1.807) is 18.2 Å². The van der Waals surface area contributed by atoms with Gasteiger partial charge in [0, 0.05) is 11.1 Å². The average molecular weight is 248 g/mol. The summed E-state index contributed by atoms with van der Waals surface area (Å²) in [6, 6.07) is 6.65. The summed E-state index contributed by atoms with van der Waals surface area (Å²) in [4.78, 5) is 10.8. The lowest BCUT2D eigenvalue weighted by Gasteiger charge is -2.10. The third-order valence-corrected chi connectivity index (χ3v) is 2.56. The Labute approximate surface area is 103 Å². The molecule has 0 aliphatic rings. The molecule has 94 valence electrons. The smallest absolute Gasteiger partial charge is 0.353 e. The van der Waals surface area contributed by atoms with Gasteiger partial charge in [-0.25, -0.2) is 4.79 Å². The summed E-state index contributed by atoms with van der Waals surface area (Å²) in [6.07, 6.45) is 0. The Kier molecular flexibility index (Phi) is 3.29. The number of hydrogen-bond donors (Lipinski definition) is 3. The molecule has 3 N–H and O–H groups in total. The molecule has 0 atom stereocenters. The van der Waals surface area contributed by atoms with E-state index < -0.39 is 5.97 Å². The largest absolute Gasteiger partial charge is 0.496 e. The molecule has 18 heavy (non-hydrogen) atoms. The summed E-state index contributed by atoms with van der Waals surface area (Å²) in [6.45, 7) is -0.160. The van der Waals surface area contributed by atoms with Crippen molar-refractivity contribution in [3.8, 4) is 17.0 Å². The Morgan fingerprint density at radius 2 is 2.28 bits per heavy atom. The molecule has 0 saturated heterocycles. The van der Waals surface area contributed by atoms with Crippen LogP contribution in [0.3, 0.4) is 0 Å². The number of carbonyl (C=O) groups is 1. The molecule has 0 aliphatic carbocycles. The number of methoxy groups -OCH3 is 1. The van der Waals surface area contributed by atoms with Crippen molar-refractivity contribution in [3.05, 3.63) is 35.5 Å². The summed E-state index contributed by atoms with van der Waals surface area (Å²) < 4.78 is 5.23. The minimum Gasteiger partial charge on any atom is -0.496 e. The van der Waals surface area contributed by atoms with E-state index in [2.05, 4.69) is 10.2 Å². The number of para-hydroxylation sites is 1. The number of rotatable bonds is 4. The van der Waals surface area contributed by atoms with Crippen LogP contribution in [-0.4, -0.2) is 33.5 Å². The molecule has 1 aromatic heterocycles. The maximum absolute atomic E-state index is 10.8. The van der Waals surface area contributed by atoms with Gasteiger partial charge in [-0.2, -0.15) is 5.10 Å². The summed E-state index contributed by atoms with van der Waals surface area (Å²) in [5, 5.41) is 24.4. The third kappa shape index (κ3) is 2.05. The van der Waals surface area contributed by atoms with Crippen LogP contribution in [0.5, 0.6) is 5.75 Å². The van der Waals surface area contributed by atoms with Gasteiger partial charge in [0.15, 0.2) is 0 Å². The topological polar surface area (TPSA) is 95.4 Å². The van der Waals surface area contributed by atoms with Crippen LogP contribution in [-0.2, 0) is 6.61 Å². The van der Waals surface area contributed by atoms with Crippen LogP contribution in [0.1, 0.15) is 16.1 Å². The number of ether oxygens (including phenoxy) is 1. The fourth-order valence-corrected chi connectivity index (χ4v) is 1.72. The van der Waals surface area contributed by atoms with Crippen molar-refractivity contribution in [2.75, 3.05) is 7.11 Å². The van der Waals surface area contributed by atoms with Gasteiger partial charge in [-0.1, -0.05) is 12.1 Å². The van der Waals surface area contributed by atoms with Crippen molar-refractivity contribution < 1.29 is 19.7 Å². The van der Waals surface area contributed by atoms with Crippen LogP contribution in [0.25, 0.3) is 11.3 Å². The van der Waals surface area contributed by atoms with Crippen molar-refractivity contribution in [2.24, 2.45) is 0 Å². The first-order chi connectivity index (χ1) is 8.67. The number of H-pyrrole nitrogens is 1. The Morgan fingerprint density at radius 3 is 2.83 bits per heavy atom. The second kappa shape index (κ2) is 4.89. The predicted molar refractivity (Wildman–Crippen MR) is 63.5 cm³/mol. The van der Waals surface area contributed by atoms with E-state index in [1.165, 1.54) is 13.2 Å². The maximum atomic E-state index is 10.8. The second-order valence-corrected chi connectivity index (χ2v) is 3.63. The lowest BCUT2D eigenvalue weighted by Crippen LogP contribution is -1.95. The van der Waals surface area contributed by atoms with Gasteiger partial charge in [-0.05, 0) is 12.1 Å². The Hall–Kier alpha value is -2.34. The van der Waals surface area contributed by atoms with Crippen molar-refractivity contribution >= 4 is 5.97 Å². The third-order valence-electron chi connectivity index (χ3n) is 2.56. The summed E-state index contributed by atoms with van der Waals surface area (Å²) >= 11 is 0. The zero-order chi connectivity index (χ0) is 13.1. The zero-order valence-electron chi connectivity index (χ0n) is 9.67. The number of nitrogens with zero attached hydrogens (tertiary/aromatic N) is 1. The van der Waals surface area contributed by atoms with E-state index in [-0.39, 0.29) is 12.3 Å². The molecule has 0 aliphatic heterocycles. The van der Waals surface area contributed by atoms with E-state index in [0.29, 0.717) is 22.6 Å². The molecule has 6 nitrogen and oxygen atoms in total.